The Morgan fingerprint density at radius 1 is 1.24 bits per heavy atom. The maximum absolute atomic E-state index is 12.2. The van der Waals surface area contributed by atoms with Crippen LogP contribution in [0.15, 0.2) is 0 Å². The van der Waals surface area contributed by atoms with Crippen molar-refractivity contribution in [3.8, 4) is 0 Å². The lowest BCUT2D eigenvalue weighted by atomic mass is 9.98. The minimum atomic E-state index is -0.731. The molecule has 7 heteroatoms. The number of nitrogens with zero attached hydrogens (tertiary/aromatic N) is 1. The Kier molecular flexibility index (Phi) is 4.06. The molecule has 1 aliphatic rings. The van der Waals surface area contributed by atoms with Crippen LogP contribution >= 0.6 is 0 Å². The number of primary amides is 2. The predicted octanol–water partition coefficient (Wildman–Crippen LogP) is -2.07. The van der Waals surface area contributed by atoms with Gasteiger partial charge in [-0.15, -0.1) is 0 Å². The molecule has 0 saturated carbocycles. The largest absolute Gasteiger partial charge is 0.368 e. The highest BCUT2D eigenvalue weighted by molar-refractivity contribution is 5.92. The SMILES string of the molecule is CC1(C(=O)N(CC(N)=O)CC(N)=O)CCCN1. The van der Waals surface area contributed by atoms with Crippen LogP contribution < -0.4 is 16.8 Å². The van der Waals surface area contributed by atoms with E-state index in [0.29, 0.717) is 6.42 Å². The molecule has 0 aromatic rings. The number of amides is 3. The normalized spacial score (nSPS) is 23.4. The second kappa shape index (κ2) is 5.13. The Morgan fingerprint density at radius 3 is 2.12 bits per heavy atom. The standard InChI is InChI=1S/C10H18N4O3/c1-10(3-2-4-13-10)9(17)14(5-7(11)15)6-8(12)16/h13H,2-6H2,1H3,(H2,11,15)(H2,12,16). The van der Waals surface area contributed by atoms with Crippen LogP contribution in [-0.2, 0) is 14.4 Å². The third kappa shape index (κ3) is 3.42. The maximum Gasteiger partial charge on any atom is 0.243 e. The van der Waals surface area contributed by atoms with Gasteiger partial charge in [0, 0.05) is 0 Å². The third-order valence-electron chi connectivity index (χ3n) is 2.82. The van der Waals surface area contributed by atoms with Crippen molar-refractivity contribution >= 4 is 17.7 Å². The number of nitrogens with two attached hydrogens (primary N) is 2. The fraction of sp³-hybridized carbons (Fsp3) is 0.700. The van der Waals surface area contributed by atoms with Gasteiger partial charge in [0.25, 0.3) is 0 Å². The Labute approximate surface area is 99.5 Å². The van der Waals surface area contributed by atoms with Gasteiger partial charge < -0.3 is 21.7 Å². The zero-order chi connectivity index (χ0) is 13.1. The van der Waals surface area contributed by atoms with Crippen molar-refractivity contribution in [2.24, 2.45) is 11.5 Å². The van der Waals surface area contributed by atoms with Gasteiger partial charge in [0.1, 0.15) is 0 Å². The van der Waals surface area contributed by atoms with Crippen molar-refractivity contribution < 1.29 is 14.4 Å². The molecule has 96 valence electrons. The highest BCUT2D eigenvalue weighted by atomic mass is 16.2. The first kappa shape index (κ1) is 13.4. The van der Waals surface area contributed by atoms with Crippen molar-refractivity contribution in [2.75, 3.05) is 19.6 Å². The predicted molar refractivity (Wildman–Crippen MR) is 60.6 cm³/mol. The van der Waals surface area contributed by atoms with Crippen molar-refractivity contribution in [3.05, 3.63) is 0 Å². The van der Waals surface area contributed by atoms with E-state index in [0.717, 1.165) is 17.9 Å². The van der Waals surface area contributed by atoms with Gasteiger partial charge in [-0.1, -0.05) is 0 Å². The molecule has 1 saturated heterocycles. The monoisotopic (exact) mass is 242 g/mol. The summed E-state index contributed by atoms with van der Waals surface area (Å²) in [6.07, 6.45) is 1.54. The van der Waals surface area contributed by atoms with Gasteiger partial charge in [-0.2, -0.15) is 0 Å². The molecule has 0 radical (unpaired) electrons. The third-order valence-corrected chi connectivity index (χ3v) is 2.82. The zero-order valence-corrected chi connectivity index (χ0v) is 9.86. The molecule has 0 bridgehead atoms. The molecule has 1 rings (SSSR count). The summed E-state index contributed by atoms with van der Waals surface area (Å²) in [4.78, 5) is 35.0. The molecule has 1 atom stereocenters. The van der Waals surface area contributed by atoms with Gasteiger partial charge in [-0.05, 0) is 26.3 Å². The number of rotatable bonds is 5. The van der Waals surface area contributed by atoms with Crippen LogP contribution in [0.5, 0.6) is 0 Å². The molecule has 0 spiro atoms. The van der Waals surface area contributed by atoms with Gasteiger partial charge in [0.15, 0.2) is 0 Å². The van der Waals surface area contributed by atoms with E-state index in [1.807, 2.05) is 0 Å². The molecular weight excluding hydrogens is 224 g/mol. The van der Waals surface area contributed by atoms with E-state index in [4.69, 9.17) is 11.5 Å². The Balaban J connectivity index is 2.77. The molecule has 17 heavy (non-hydrogen) atoms. The van der Waals surface area contributed by atoms with E-state index in [9.17, 15) is 14.4 Å². The van der Waals surface area contributed by atoms with E-state index in [2.05, 4.69) is 5.32 Å². The summed E-state index contributed by atoms with van der Waals surface area (Å²) in [6.45, 7) is 1.90. The molecule has 1 aliphatic heterocycles. The highest BCUT2D eigenvalue weighted by Gasteiger charge is 2.39. The van der Waals surface area contributed by atoms with Crippen LogP contribution in [-0.4, -0.2) is 47.8 Å². The highest BCUT2D eigenvalue weighted by Crippen LogP contribution is 2.21. The molecule has 7 nitrogen and oxygen atoms in total. The lowest BCUT2D eigenvalue weighted by Gasteiger charge is -2.30. The second-order valence-corrected chi connectivity index (χ2v) is 4.46. The lowest BCUT2D eigenvalue weighted by Crippen LogP contribution is -2.56. The van der Waals surface area contributed by atoms with Gasteiger partial charge in [0.2, 0.25) is 17.7 Å². The van der Waals surface area contributed by atoms with Gasteiger partial charge in [0.05, 0.1) is 18.6 Å². The summed E-state index contributed by atoms with van der Waals surface area (Å²) < 4.78 is 0. The maximum atomic E-state index is 12.2. The number of nitrogens with one attached hydrogen (secondary N) is 1. The zero-order valence-electron chi connectivity index (χ0n) is 9.86. The first-order chi connectivity index (χ1) is 7.85. The van der Waals surface area contributed by atoms with Crippen LogP contribution in [0.1, 0.15) is 19.8 Å². The van der Waals surface area contributed by atoms with Gasteiger partial charge in [-0.3, -0.25) is 14.4 Å². The molecule has 0 aliphatic carbocycles. The van der Waals surface area contributed by atoms with E-state index < -0.39 is 17.4 Å². The molecular formula is C10H18N4O3. The number of carbonyl (C=O) groups excluding carboxylic acids is 3. The number of hydrogen-bond donors (Lipinski definition) is 3. The molecule has 0 aromatic heterocycles. The fourth-order valence-corrected chi connectivity index (χ4v) is 2.00. The van der Waals surface area contributed by atoms with Gasteiger partial charge in [-0.25, -0.2) is 0 Å². The number of carbonyl (C=O) groups is 3. The van der Waals surface area contributed by atoms with Crippen LogP contribution in [0.4, 0.5) is 0 Å². The van der Waals surface area contributed by atoms with E-state index >= 15 is 0 Å². The van der Waals surface area contributed by atoms with Crippen LogP contribution in [0, 0.1) is 0 Å². The second-order valence-electron chi connectivity index (χ2n) is 4.46. The Bertz CT molecular complexity index is 320. The summed E-state index contributed by atoms with van der Waals surface area (Å²) in [6, 6.07) is 0. The van der Waals surface area contributed by atoms with E-state index in [1.165, 1.54) is 0 Å². The quantitative estimate of drug-likeness (QED) is 0.513. The average molecular weight is 242 g/mol. The smallest absolute Gasteiger partial charge is 0.243 e. The van der Waals surface area contributed by atoms with E-state index in [1.54, 1.807) is 6.92 Å². The summed E-state index contributed by atoms with van der Waals surface area (Å²) in [5, 5.41) is 3.06. The summed E-state index contributed by atoms with van der Waals surface area (Å²) in [5.74, 6) is -1.64. The van der Waals surface area contributed by atoms with Gasteiger partial charge >= 0.3 is 0 Å². The fourth-order valence-electron chi connectivity index (χ4n) is 2.00. The van der Waals surface area contributed by atoms with E-state index in [-0.39, 0.29) is 19.0 Å². The Morgan fingerprint density at radius 2 is 1.76 bits per heavy atom. The molecule has 1 heterocycles. The first-order valence-corrected chi connectivity index (χ1v) is 5.46. The topological polar surface area (TPSA) is 119 Å². The molecule has 0 aromatic carbocycles. The summed E-state index contributed by atoms with van der Waals surface area (Å²) >= 11 is 0. The molecule has 5 N–H and O–H groups in total. The van der Waals surface area contributed by atoms with Crippen molar-refractivity contribution in [2.45, 2.75) is 25.3 Å². The van der Waals surface area contributed by atoms with Crippen LogP contribution in [0.3, 0.4) is 0 Å². The lowest BCUT2D eigenvalue weighted by molar-refractivity contribution is -0.142. The Hall–Kier alpha value is -1.63. The summed E-state index contributed by atoms with van der Waals surface area (Å²) in [7, 11) is 0. The molecule has 3 amide bonds. The summed E-state index contributed by atoms with van der Waals surface area (Å²) in [5.41, 5.74) is 9.36. The van der Waals surface area contributed by atoms with Crippen molar-refractivity contribution in [1.82, 2.24) is 10.2 Å². The van der Waals surface area contributed by atoms with Crippen LogP contribution in [0.25, 0.3) is 0 Å². The van der Waals surface area contributed by atoms with Crippen molar-refractivity contribution in [3.63, 3.8) is 0 Å². The average Bonchev–Trinajstić information content (AvgIpc) is 2.63. The first-order valence-electron chi connectivity index (χ1n) is 5.46. The molecule has 1 unspecified atom stereocenters. The van der Waals surface area contributed by atoms with Crippen molar-refractivity contribution in [1.29, 1.82) is 0 Å². The minimum Gasteiger partial charge on any atom is -0.368 e. The molecule has 1 fully saturated rings. The van der Waals surface area contributed by atoms with Crippen LogP contribution in [0.2, 0.25) is 0 Å². The number of hydrogen-bond acceptors (Lipinski definition) is 4. The minimum absolute atomic E-state index is 0.293.